The van der Waals surface area contributed by atoms with Gasteiger partial charge >= 0.3 is 7.12 Å². The third-order valence-corrected chi connectivity index (χ3v) is 9.33. The summed E-state index contributed by atoms with van der Waals surface area (Å²) in [5, 5.41) is 4.70. The monoisotopic (exact) mass is 548 g/mol. The van der Waals surface area contributed by atoms with Gasteiger partial charge in [0.2, 0.25) is 0 Å². The van der Waals surface area contributed by atoms with Crippen molar-refractivity contribution >= 4 is 35.0 Å². The normalized spacial score (nSPS) is 20.2. The van der Waals surface area contributed by atoms with Crippen molar-refractivity contribution in [2.24, 2.45) is 5.92 Å². The molecule has 2 aliphatic rings. The number of anilines is 2. The van der Waals surface area contributed by atoms with Gasteiger partial charge < -0.3 is 14.6 Å². The molecule has 0 bridgehead atoms. The molecule has 4 heterocycles. The Morgan fingerprint density at radius 1 is 0.951 bits per heavy atom. The maximum atomic E-state index is 6.39. The first kappa shape index (κ1) is 27.9. The van der Waals surface area contributed by atoms with E-state index in [1.165, 1.54) is 23.1 Å². The molecule has 2 saturated heterocycles. The second kappa shape index (κ2) is 10.5. The van der Waals surface area contributed by atoms with Crippen molar-refractivity contribution < 1.29 is 9.31 Å². The zero-order chi connectivity index (χ0) is 28.9. The number of nitrogens with zero attached hydrogens (tertiary/aromatic N) is 3. The number of nitrogens with one attached hydrogen (secondary N) is 1. The van der Waals surface area contributed by atoms with Crippen LogP contribution in [-0.2, 0) is 15.9 Å². The summed E-state index contributed by atoms with van der Waals surface area (Å²) >= 11 is 0. The van der Waals surface area contributed by atoms with Gasteiger partial charge in [0.1, 0.15) is 5.52 Å². The van der Waals surface area contributed by atoms with Crippen molar-refractivity contribution in [2.45, 2.75) is 72.6 Å². The average Bonchev–Trinajstić information content (AvgIpc) is 3.43. The molecule has 41 heavy (non-hydrogen) atoms. The third-order valence-electron chi connectivity index (χ3n) is 9.33. The highest BCUT2D eigenvalue weighted by atomic mass is 16.7. The third kappa shape index (κ3) is 5.27. The van der Waals surface area contributed by atoms with Crippen LogP contribution in [0.25, 0.3) is 22.0 Å². The lowest BCUT2D eigenvalue weighted by molar-refractivity contribution is 0.00578. The molecule has 6 nitrogen and oxygen atoms in total. The molecule has 2 aromatic heterocycles. The highest BCUT2D eigenvalue weighted by Crippen LogP contribution is 2.38. The van der Waals surface area contributed by atoms with Crippen molar-refractivity contribution in [3.05, 3.63) is 77.6 Å². The highest BCUT2D eigenvalue weighted by molar-refractivity contribution is 6.62. The molecule has 1 unspecified atom stereocenters. The fourth-order valence-corrected chi connectivity index (χ4v) is 6.07. The first-order valence-corrected chi connectivity index (χ1v) is 14.8. The lowest BCUT2D eigenvalue weighted by Crippen LogP contribution is -2.41. The summed E-state index contributed by atoms with van der Waals surface area (Å²) in [6.07, 6.45) is 5.15. The second-order valence-electron chi connectivity index (χ2n) is 12.9. The van der Waals surface area contributed by atoms with Crippen molar-refractivity contribution in [1.29, 1.82) is 0 Å². The van der Waals surface area contributed by atoms with Gasteiger partial charge in [-0.1, -0.05) is 37.3 Å². The van der Waals surface area contributed by atoms with Crippen molar-refractivity contribution in [1.82, 2.24) is 14.9 Å². The number of likely N-dealkylation sites (tertiary alicyclic amines) is 1. The lowest BCUT2D eigenvalue weighted by atomic mass is 9.74. The van der Waals surface area contributed by atoms with E-state index in [1.807, 2.05) is 12.4 Å². The molecule has 0 spiro atoms. The van der Waals surface area contributed by atoms with E-state index >= 15 is 0 Å². The van der Waals surface area contributed by atoms with Gasteiger partial charge in [-0.15, -0.1) is 0 Å². The molecule has 2 aliphatic heterocycles. The molecule has 6 rings (SSSR count). The van der Waals surface area contributed by atoms with Crippen LogP contribution >= 0.6 is 0 Å². The van der Waals surface area contributed by atoms with E-state index in [0.717, 1.165) is 64.6 Å². The van der Waals surface area contributed by atoms with Crippen LogP contribution in [0.5, 0.6) is 0 Å². The van der Waals surface area contributed by atoms with Crippen LogP contribution < -0.4 is 10.8 Å². The SMILES string of the molecule is Cc1c(Nc2nccc3cc(CN4CCC(C)C4)cnc23)cccc1-c1cccc(B2OC(C)(C)C(C)(C)O2)c1C. The highest BCUT2D eigenvalue weighted by Gasteiger charge is 2.52. The summed E-state index contributed by atoms with van der Waals surface area (Å²) in [6, 6.07) is 17.1. The van der Waals surface area contributed by atoms with Crippen molar-refractivity contribution in [3.8, 4) is 11.1 Å². The zero-order valence-corrected chi connectivity index (χ0v) is 25.4. The Hall–Kier alpha value is -3.26. The molecule has 0 saturated carbocycles. The average molecular weight is 549 g/mol. The summed E-state index contributed by atoms with van der Waals surface area (Å²) in [5.41, 5.74) is 8.10. The van der Waals surface area contributed by atoms with Gasteiger partial charge in [0.25, 0.3) is 0 Å². The molecule has 1 N–H and O–H groups in total. The molecular weight excluding hydrogens is 507 g/mol. The molecule has 0 radical (unpaired) electrons. The molecular formula is C34H41BN4O2. The summed E-state index contributed by atoms with van der Waals surface area (Å²) in [7, 11) is -0.397. The lowest BCUT2D eigenvalue weighted by Gasteiger charge is -2.32. The number of pyridine rings is 2. The van der Waals surface area contributed by atoms with Crippen LogP contribution in [-0.4, -0.2) is 46.3 Å². The van der Waals surface area contributed by atoms with Crippen LogP contribution in [0.15, 0.2) is 60.9 Å². The first-order valence-electron chi connectivity index (χ1n) is 14.8. The van der Waals surface area contributed by atoms with Crippen LogP contribution in [0.2, 0.25) is 0 Å². The second-order valence-corrected chi connectivity index (χ2v) is 12.9. The van der Waals surface area contributed by atoms with E-state index in [2.05, 4.69) is 112 Å². The molecule has 2 fully saturated rings. The van der Waals surface area contributed by atoms with Crippen LogP contribution in [0.1, 0.15) is 57.7 Å². The van der Waals surface area contributed by atoms with Gasteiger partial charge in [-0.2, -0.15) is 0 Å². The van der Waals surface area contributed by atoms with Gasteiger partial charge in [-0.3, -0.25) is 9.88 Å². The van der Waals surface area contributed by atoms with E-state index in [9.17, 15) is 0 Å². The van der Waals surface area contributed by atoms with E-state index in [0.29, 0.717) is 0 Å². The van der Waals surface area contributed by atoms with Crippen molar-refractivity contribution in [3.63, 3.8) is 0 Å². The van der Waals surface area contributed by atoms with Crippen molar-refractivity contribution in [2.75, 3.05) is 18.4 Å². The first-order chi connectivity index (χ1) is 19.5. The Kier molecular flexibility index (Phi) is 7.17. The van der Waals surface area contributed by atoms with E-state index < -0.39 is 7.12 Å². The van der Waals surface area contributed by atoms with E-state index in [1.54, 1.807) is 0 Å². The summed E-state index contributed by atoms with van der Waals surface area (Å²) in [5.74, 6) is 1.55. The Labute approximate surface area is 244 Å². The Morgan fingerprint density at radius 3 is 2.37 bits per heavy atom. The standard InChI is InChI=1S/C34H41BN4O2/c1-22-15-17-39(20-22)21-25-18-26-14-16-36-32(31(26)37-19-25)38-30-13-9-11-28(24(30)3)27-10-8-12-29(23(27)2)35-40-33(4,5)34(6,7)41-35/h8-14,16,18-19,22H,15,17,20-21H2,1-7H3,(H,36,38). The molecule has 0 aliphatic carbocycles. The molecule has 2 aromatic carbocycles. The molecule has 4 aromatic rings. The molecule has 0 amide bonds. The smallest absolute Gasteiger partial charge is 0.399 e. The maximum absolute atomic E-state index is 6.39. The van der Waals surface area contributed by atoms with Gasteiger partial charge in [0.15, 0.2) is 5.82 Å². The fourth-order valence-electron chi connectivity index (χ4n) is 6.07. The summed E-state index contributed by atoms with van der Waals surface area (Å²) in [4.78, 5) is 12.1. The summed E-state index contributed by atoms with van der Waals surface area (Å²) in [6.45, 7) is 18.3. The Morgan fingerprint density at radius 2 is 1.66 bits per heavy atom. The maximum Gasteiger partial charge on any atom is 0.495 e. The molecule has 212 valence electrons. The number of hydrogen-bond acceptors (Lipinski definition) is 6. The van der Waals surface area contributed by atoms with Gasteiger partial charge in [0.05, 0.1) is 11.2 Å². The minimum absolute atomic E-state index is 0.382. The number of rotatable bonds is 6. The number of fused-ring (bicyclic) bond motifs is 1. The summed E-state index contributed by atoms with van der Waals surface area (Å²) < 4.78 is 12.8. The molecule has 7 heteroatoms. The molecule has 1 atom stereocenters. The number of aromatic nitrogens is 2. The van der Waals surface area contributed by atoms with Crippen LogP contribution in [0.4, 0.5) is 11.5 Å². The quantitative estimate of drug-likeness (QED) is 0.268. The van der Waals surface area contributed by atoms with Crippen LogP contribution in [0, 0.1) is 19.8 Å². The zero-order valence-electron chi connectivity index (χ0n) is 25.4. The number of hydrogen-bond donors (Lipinski definition) is 1. The topological polar surface area (TPSA) is 59.5 Å². The predicted octanol–water partition coefficient (Wildman–Crippen LogP) is 6.80. The van der Waals surface area contributed by atoms with Crippen LogP contribution in [0.3, 0.4) is 0 Å². The predicted molar refractivity (Wildman–Crippen MR) is 169 cm³/mol. The minimum atomic E-state index is -0.397. The fraction of sp³-hybridized carbons (Fsp3) is 0.412. The minimum Gasteiger partial charge on any atom is -0.399 e. The Bertz CT molecular complexity index is 1590. The van der Waals surface area contributed by atoms with Gasteiger partial charge in [-0.05, 0) is 112 Å². The van der Waals surface area contributed by atoms with Gasteiger partial charge in [-0.25, -0.2) is 4.98 Å². The van der Waals surface area contributed by atoms with Gasteiger partial charge in [0, 0.05) is 36.6 Å². The van der Waals surface area contributed by atoms with E-state index in [-0.39, 0.29) is 11.2 Å². The Balaban J connectivity index is 1.28. The largest absolute Gasteiger partial charge is 0.495 e. The van der Waals surface area contributed by atoms with E-state index in [4.69, 9.17) is 14.3 Å². The number of benzene rings is 2.